The van der Waals surface area contributed by atoms with Crippen LogP contribution in [0.25, 0.3) is 0 Å². The lowest BCUT2D eigenvalue weighted by Gasteiger charge is -2.25. The number of urea groups is 1. The summed E-state index contributed by atoms with van der Waals surface area (Å²) in [4.78, 5) is 23.7. The molecule has 3 N–H and O–H groups in total. The van der Waals surface area contributed by atoms with Crippen molar-refractivity contribution in [2.24, 2.45) is 0 Å². The number of carbonyl (C=O) groups excluding carboxylic acids is 2. The second-order valence-corrected chi connectivity index (χ2v) is 7.12. The maximum atomic E-state index is 12.0. The first-order valence-electron chi connectivity index (χ1n) is 8.17. The summed E-state index contributed by atoms with van der Waals surface area (Å²) in [6.45, 7) is 7.46. The van der Waals surface area contributed by atoms with Crippen molar-refractivity contribution in [2.75, 3.05) is 0 Å². The largest absolute Gasteiger partial charge is 0.333 e. The van der Waals surface area contributed by atoms with Crippen molar-refractivity contribution in [3.05, 3.63) is 0 Å². The maximum Gasteiger partial charge on any atom is 0.321 e. The Balaban J connectivity index is 2.37. The molecule has 0 heterocycles. The monoisotopic (exact) mass is 297 g/mol. The van der Waals surface area contributed by atoms with E-state index in [1.54, 1.807) is 0 Å². The molecule has 1 rings (SSSR count). The smallest absolute Gasteiger partial charge is 0.321 e. The molecule has 3 amide bonds. The quantitative estimate of drug-likeness (QED) is 0.750. The average Bonchev–Trinajstić information content (AvgIpc) is 2.29. The molecule has 0 unspecified atom stereocenters. The van der Waals surface area contributed by atoms with Gasteiger partial charge in [0, 0.05) is 11.6 Å². The van der Waals surface area contributed by atoms with E-state index in [0.717, 1.165) is 12.8 Å². The van der Waals surface area contributed by atoms with Crippen LogP contribution in [-0.2, 0) is 4.79 Å². The van der Waals surface area contributed by atoms with E-state index in [4.69, 9.17) is 0 Å². The van der Waals surface area contributed by atoms with E-state index in [-0.39, 0.29) is 17.5 Å². The molecular formula is C16H31N3O2. The Morgan fingerprint density at radius 2 is 1.52 bits per heavy atom. The first kappa shape index (κ1) is 18.0. The highest BCUT2D eigenvalue weighted by Crippen LogP contribution is 2.17. The van der Waals surface area contributed by atoms with Gasteiger partial charge in [-0.3, -0.25) is 10.1 Å². The van der Waals surface area contributed by atoms with Crippen molar-refractivity contribution in [1.82, 2.24) is 16.0 Å². The summed E-state index contributed by atoms with van der Waals surface area (Å²) in [6, 6.07) is -0.393. The van der Waals surface area contributed by atoms with Gasteiger partial charge in [0.05, 0.1) is 6.04 Å². The van der Waals surface area contributed by atoms with E-state index < -0.39 is 6.03 Å². The molecule has 1 aliphatic rings. The fraction of sp³-hybridized carbons (Fsp3) is 0.875. The molecule has 1 atom stereocenters. The number of hydrogen-bond acceptors (Lipinski definition) is 3. The minimum Gasteiger partial charge on any atom is -0.333 e. The second kappa shape index (κ2) is 8.37. The van der Waals surface area contributed by atoms with E-state index in [0.29, 0.717) is 6.04 Å². The molecule has 122 valence electrons. The molecule has 1 aliphatic carbocycles. The third-order valence-electron chi connectivity index (χ3n) is 3.71. The summed E-state index contributed by atoms with van der Waals surface area (Å²) < 4.78 is 0. The van der Waals surface area contributed by atoms with Crippen molar-refractivity contribution in [2.45, 2.75) is 90.3 Å². The molecule has 0 aromatic carbocycles. The molecule has 0 radical (unpaired) electrons. The molecule has 1 saturated carbocycles. The number of nitrogens with one attached hydrogen (secondary N) is 3. The van der Waals surface area contributed by atoms with Crippen LogP contribution < -0.4 is 16.0 Å². The molecule has 0 aromatic rings. The van der Waals surface area contributed by atoms with E-state index in [1.807, 2.05) is 27.7 Å². The Kier molecular flexibility index (Phi) is 7.15. The summed E-state index contributed by atoms with van der Waals surface area (Å²) in [7, 11) is 0. The van der Waals surface area contributed by atoms with Gasteiger partial charge in [0.2, 0.25) is 5.91 Å². The zero-order valence-corrected chi connectivity index (χ0v) is 13.9. The molecule has 21 heavy (non-hydrogen) atoms. The van der Waals surface area contributed by atoms with Crippen LogP contribution in [0.4, 0.5) is 4.79 Å². The van der Waals surface area contributed by atoms with E-state index in [2.05, 4.69) is 16.0 Å². The van der Waals surface area contributed by atoms with E-state index >= 15 is 0 Å². The highest BCUT2D eigenvalue weighted by molar-refractivity contribution is 5.97. The van der Waals surface area contributed by atoms with Gasteiger partial charge in [-0.25, -0.2) is 4.79 Å². The van der Waals surface area contributed by atoms with Crippen molar-refractivity contribution < 1.29 is 9.59 Å². The van der Waals surface area contributed by atoms with Gasteiger partial charge in [-0.15, -0.1) is 0 Å². The second-order valence-electron chi connectivity index (χ2n) is 7.12. The predicted molar refractivity (Wildman–Crippen MR) is 85.1 cm³/mol. The zero-order chi connectivity index (χ0) is 15.9. The molecule has 0 aliphatic heterocycles. The number of rotatable bonds is 3. The van der Waals surface area contributed by atoms with E-state index in [1.165, 1.54) is 32.1 Å². The van der Waals surface area contributed by atoms with Crippen LogP contribution in [-0.4, -0.2) is 29.6 Å². The summed E-state index contributed by atoms with van der Waals surface area (Å²) in [5, 5.41) is 8.49. The third kappa shape index (κ3) is 8.05. The van der Waals surface area contributed by atoms with Crippen LogP contribution in [0.3, 0.4) is 0 Å². The van der Waals surface area contributed by atoms with Gasteiger partial charge in [0.1, 0.15) is 0 Å². The lowest BCUT2D eigenvalue weighted by molar-refractivity contribution is -0.121. The predicted octanol–water partition coefficient (Wildman–Crippen LogP) is 2.70. The molecule has 0 spiro atoms. The molecule has 0 saturated heterocycles. The van der Waals surface area contributed by atoms with Gasteiger partial charge in [0.25, 0.3) is 0 Å². The fourth-order valence-electron chi connectivity index (χ4n) is 2.64. The van der Waals surface area contributed by atoms with Gasteiger partial charge in [-0.1, -0.05) is 32.1 Å². The van der Waals surface area contributed by atoms with E-state index in [9.17, 15) is 9.59 Å². The number of imide groups is 1. The van der Waals surface area contributed by atoms with Crippen molar-refractivity contribution in [3.63, 3.8) is 0 Å². The van der Waals surface area contributed by atoms with Crippen LogP contribution in [0, 0.1) is 0 Å². The molecular weight excluding hydrogens is 266 g/mol. The lowest BCUT2D eigenvalue weighted by atomic mass is 9.96. The average molecular weight is 297 g/mol. The fourth-order valence-corrected chi connectivity index (χ4v) is 2.64. The first-order chi connectivity index (χ1) is 9.78. The number of amides is 3. The number of carbonyl (C=O) groups is 2. The molecule has 5 heteroatoms. The lowest BCUT2D eigenvalue weighted by Crippen LogP contribution is -2.53. The third-order valence-corrected chi connectivity index (χ3v) is 3.71. The van der Waals surface area contributed by atoms with Crippen LogP contribution in [0.2, 0.25) is 0 Å². The summed E-state index contributed by atoms with van der Waals surface area (Å²) in [5.74, 6) is -0.265. The standard InChI is InChI=1S/C16H31N3O2/c1-12(14(20)18-15(21)19-16(2,3)4)17-13-10-8-6-5-7-9-11-13/h12-13,17H,5-11H2,1-4H3,(H2,18,19,20,21)/t12-/m1/s1. The van der Waals surface area contributed by atoms with Gasteiger partial charge >= 0.3 is 6.03 Å². The van der Waals surface area contributed by atoms with Crippen molar-refractivity contribution in [1.29, 1.82) is 0 Å². The maximum absolute atomic E-state index is 12.0. The summed E-state index contributed by atoms with van der Waals surface area (Å²) in [6.07, 6.45) is 8.57. The zero-order valence-electron chi connectivity index (χ0n) is 13.9. The van der Waals surface area contributed by atoms with Crippen LogP contribution >= 0.6 is 0 Å². The van der Waals surface area contributed by atoms with Crippen LogP contribution in [0.15, 0.2) is 0 Å². The normalized spacial score (nSPS) is 19.2. The van der Waals surface area contributed by atoms with Crippen LogP contribution in [0.1, 0.15) is 72.6 Å². The first-order valence-corrected chi connectivity index (χ1v) is 8.17. The molecule has 1 fully saturated rings. The summed E-state index contributed by atoms with van der Waals surface area (Å²) >= 11 is 0. The molecule has 0 aromatic heterocycles. The Hall–Kier alpha value is -1.10. The molecule has 0 bridgehead atoms. The minimum atomic E-state index is -0.432. The summed E-state index contributed by atoms with van der Waals surface area (Å²) in [5.41, 5.74) is -0.347. The topological polar surface area (TPSA) is 70.2 Å². The Morgan fingerprint density at radius 1 is 1.00 bits per heavy atom. The van der Waals surface area contributed by atoms with Crippen molar-refractivity contribution in [3.8, 4) is 0 Å². The Morgan fingerprint density at radius 3 is 2.05 bits per heavy atom. The molecule has 5 nitrogen and oxygen atoms in total. The highest BCUT2D eigenvalue weighted by Gasteiger charge is 2.21. The Labute approximate surface area is 128 Å². The van der Waals surface area contributed by atoms with Gasteiger partial charge < -0.3 is 10.6 Å². The van der Waals surface area contributed by atoms with Gasteiger partial charge in [0.15, 0.2) is 0 Å². The minimum absolute atomic E-state index is 0.265. The van der Waals surface area contributed by atoms with Gasteiger partial charge in [-0.05, 0) is 40.5 Å². The van der Waals surface area contributed by atoms with Crippen LogP contribution in [0.5, 0.6) is 0 Å². The number of hydrogen-bond donors (Lipinski definition) is 3. The SMILES string of the molecule is C[C@@H](NC1CCCCCCC1)C(=O)NC(=O)NC(C)(C)C. The van der Waals surface area contributed by atoms with Gasteiger partial charge in [-0.2, -0.15) is 0 Å². The highest BCUT2D eigenvalue weighted by atomic mass is 16.2. The Bertz CT molecular complexity index is 342. The van der Waals surface area contributed by atoms with Crippen molar-refractivity contribution >= 4 is 11.9 Å².